The van der Waals surface area contributed by atoms with Gasteiger partial charge in [0.2, 0.25) is 11.7 Å². The zero-order valence-corrected chi connectivity index (χ0v) is 23.0. The summed E-state index contributed by atoms with van der Waals surface area (Å²) in [7, 11) is 0. The maximum atomic E-state index is 14.2. The predicted molar refractivity (Wildman–Crippen MR) is 146 cm³/mol. The van der Waals surface area contributed by atoms with Crippen LogP contribution in [0.5, 0.6) is 0 Å². The van der Waals surface area contributed by atoms with Crippen molar-refractivity contribution in [3.63, 3.8) is 0 Å². The van der Waals surface area contributed by atoms with E-state index in [0.717, 1.165) is 5.56 Å². The molecule has 206 valence electrons. The van der Waals surface area contributed by atoms with Gasteiger partial charge < -0.3 is 19.1 Å². The van der Waals surface area contributed by atoms with Crippen molar-refractivity contribution >= 4 is 23.4 Å². The van der Waals surface area contributed by atoms with Gasteiger partial charge in [-0.15, -0.1) is 0 Å². The molecule has 0 N–H and O–H groups in total. The number of hydrogen-bond donors (Lipinski definition) is 0. The van der Waals surface area contributed by atoms with Crippen molar-refractivity contribution in [1.82, 2.24) is 15.0 Å². The van der Waals surface area contributed by atoms with Crippen molar-refractivity contribution in [1.29, 1.82) is 0 Å². The number of carbonyl (C=O) groups excluding carboxylic acids is 2. The second-order valence-corrected chi connectivity index (χ2v) is 11.5. The molecule has 3 heterocycles. The Morgan fingerprint density at radius 1 is 1.23 bits per heavy atom. The second kappa shape index (κ2) is 11.5. The molecule has 0 aliphatic carbocycles. The number of nitrogens with zero attached hydrogens (tertiary/aromatic N) is 3. The van der Waals surface area contributed by atoms with Crippen molar-refractivity contribution in [3.05, 3.63) is 76.8 Å². The van der Waals surface area contributed by atoms with Crippen LogP contribution >= 0.6 is 11.6 Å². The fraction of sp³-hybridized carbons (Fsp3) is 0.433. The highest BCUT2D eigenvalue weighted by molar-refractivity contribution is 6.30. The Morgan fingerprint density at radius 2 is 2.00 bits per heavy atom. The van der Waals surface area contributed by atoms with Crippen molar-refractivity contribution in [2.45, 2.75) is 45.8 Å². The summed E-state index contributed by atoms with van der Waals surface area (Å²) in [4.78, 5) is 31.0. The molecule has 9 heteroatoms. The Bertz CT molecular complexity index is 1330. The summed E-state index contributed by atoms with van der Waals surface area (Å²) in [6, 6.07) is 15.2. The maximum Gasteiger partial charge on any atom is 0.292 e. The van der Waals surface area contributed by atoms with Gasteiger partial charge in [-0.1, -0.05) is 54.9 Å². The number of rotatable bonds is 7. The molecular formula is C30H33ClFN3O4. The third kappa shape index (κ3) is 6.02. The van der Waals surface area contributed by atoms with Gasteiger partial charge in [0.15, 0.2) is 0 Å². The van der Waals surface area contributed by atoms with E-state index in [1.807, 2.05) is 29.2 Å². The van der Waals surface area contributed by atoms with E-state index in [1.54, 1.807) is 23.1 Å². The zero-order chi connectivity index (χ0) is 27.6. The van der Waals surface area contributed by atoms with Crippen molar-refractivity contribution in [2.75, 3.05) is 26.2 Å². The summed E-state index contributed by atoms with van der Waals surface area (Å²) in [5.74, 6) is -0.375. The molecule has 2 fully saturated rings. The van der Waals surface area contributed by atoms with E-state index in [-0.39, 0.29) is 41.5 Å². The zero-order valence-electron chi connectivity index (χ0n) is 22.2. The fourth-order valence-corrected chi connectivity index (χ4v) is 5.74. The lowest BCUT2D eigenvalue weighted by molar-refractivity contribution is -0.160. The number of benzene rings is 2. The molecule has 0 unspecified atom stereocenters. The van der Waals surface area contributed by atoms with Crippen molar-refractivity contribution < 1.29 is 23.2 Å². The van der Waals surface area contributed by atoms with E-state index in [1.165, 1.54) is 12.1 Å². The number of carbonyl (C=O) groups is 2. The van der Waals surface area contributed by atoms with E-state index in [4.69, 9.17) is 20.9 Å². The molecule has 7 nitrogen and oxygen atoms in total. The summed E-state index contributed by atoms with van der Waals surface area (Å²) in [6.45, 7) is 6.51. The van der Waals surface area contributed by atoms with Gasteiger partial charge in [-0.05, 0) is 55.0 Å². The normalized spacial score (nSPS) is 21.7. The van der Waals surface area contributed by atoms with Crippen LogP contribution in [0.1, 0.15) is 49.2 Å². The number of ether oxygens (including phenoxy) is 1. The molecule has 1 spiro atoms. The minimum absolute atomic E-state index is 0.0270. The number of likely N-dealkylation sites (tertiary alicyclic amines) is 2. The van der Waals surface area contributed by atoms with Gasteiger partial charge in [0, 0.05) is 49.4 Å². The van der Waals surface area contributed by atoms with E-state index >= 15 is 0 Å². The second-order valence-electron chi connectivity index (χ2n) is 11.0. The lowest BCUT2D eigenvalue weighted by Gasteiger charge is -2.49. The molecule has 3 aromatic rings. The van der Waals surface area contributed by atoms with Crippen LogP contribution in [0.15, 0.2) is 59.1 Å². The molecule has 39 heavy (non-hydrogen) atoms. The van der Waals surface area contributed by atoms with E-state index in [0.29, 0.717) is 56.4 Å². The van der Waals surface area contributed by atoms with Crippen LogP contribution in [-0.2, 0) is 16.1 Å². The lowest BCUT2D eigenvalue weighted by atomic mass is 9.72. The molecule has 2 aliphatic heterocycles. The molecular weight excluding hydrogens is 521 g/mol. The van der Waals surface area contributed by atoms with Crippen LogP contribution in [-0.4, -0.2) is 59.1 Å². The minimum atomic E-state index is -0.755. The monoisotopic (exact) mass is 553 g/mol. The Balaban J connectivity index is 1.37. The highest BCUT2D eigenvalue weighted by Crippen LogP contribution is 2.41. The van der Waals surface area contributed by atoms with Crippen LogP contribution in [0.4, 0.5) is 4.39 Å². The minimum Gasteiger partial charge on any atom is -0.376 e. The van der Waals surface area contributed by atoms with E-state index < -0.39 is 11.2 Å². The molecule has 5 rings (SSSR count). The van der Waals surface area contributed by atoms with Gasteiger partial charge in [0.05, 0.1) is 11.5 Å². The molecule has 2 atom stereocenters. The molecule has 2 saturated heterocycles. The number of aromatic nitrogens is 1. The standard InChI is InChI=1S/C30H33ClFN3O4/c1-20(2)18-38-23-15-30(29(37)35(17-23)16-21-8-10-22(31)11-9-21)12-5-13-34(19-30)28(36)27-14-26(33-39-27)24-6-3-4-7-25(24)32/h3-4,6-11,14,20,23H,5,12-13,15-19H2,1-2H3/t23-,30+/m0/s1. The van der Waals surface area contributed by atoms with E-state index in [2.05, 4.69) is 19.0 Å². The largest absolute Gasteiger partial charge is 0.376 e. The van der Waals surface area contributed by atoms with Crippen molar-refractivity contribution in [3.8, 4) is 11.3 Å². The molecule has 2 aromatic carbocycles. The fourth-order valence-electron chi connectivity index (χ4n) is 5.61. The quantitative estimate of drug-likeness (QED) is 0.368. The molecule has 1 aromatic heterocycles. The van der Waals surface area contributed by atoms with Crippen LogP contribution in [0.3, 0.4) is 0 Å². The topological polar surface area (TPSA) is 75.9 Å². The average Bonchev–Trinajstić information content (AvgIpc) is 3.41. The highest BCUT2D eigenvalue weighted by Gasteiger charge is 2.50. The molecule has 2 aliphatic rings. The number of halogens is 2. The highest BCUT2D eigenvalue weighted by atomic mass is 35.5. The van der Waals surface area contributed by atoms with Gasteiger partial charge in [0.1, 0.15) is 11.5 Å². The van der Waals surface area contributed by atoms with Crippen LogP contribution in [0.2, 0.25) is 5.02 Å². The molecule has 2 amide bonds. The van der Waals surface area contributed by atoms with Crippen molar-refractivity contribution in [2.24, 2.45) is 11.3 Å². The third-order valence-corrected chi connectivity index (χ3v) is 7.72. The first-order chi connectivity index (χ1) is 18.7. The van der Waals surface area contributed by atoms with Gasteiger partial charge in [0.25, 0.3) is 5.91 Å². The van der Waals surface area contributed by atoms with Gasteiger partial charge in [-0.25, -0.2) is 4.39 Å². The summed E-state index contributed by atoms with van der Waals surface area (Å²) in [5.41, 5.74) is 0.752. The number of hydrogen-bond acceptors (Lipinski definition) is 5. The molecule has 0 saturated carbocycles. The third-order valence-electron chi connectivity index (χ3n) is 7.47. The smallest absolute Gasteiger partial charge is 0.292 e. The Hall–Kier alpha value is -3.23. The summed E-state index contributed by atoms with van der Waals surface area (Å²) in [5, 5.41) is 4.58. The summed E-state index contributed by atoms with van der Waals surface area (Å²) < 4.78 is 25.9. The van der Waals surface area contributed by atoms with Gasteiger partial charge >= 0.3 is 0 Å². The molecule has 0 bridgehead atoms. The predicted octanol–water partition coefficient (Wildman–Crippen LogP) is 5.83. The number of amides is 2. The Labute approximate surface area is 232 Å². The van der Waals surface area contributed by atoms with Gasteiger partial charge in [-0.2, -0.15) is 0 Å². The maximum absolute atomic E-state index is 14.2. The molecule has 0 radical (unpaired) electrons. The first kappa shape index (κ1) is 27.3. The summed E-state index contributed by atoms with van der Waals surface area (Å²) in [6.07, 6.45) is 1.77. The van der Waals surface area contributed by atoms with Crippen LogP contribution in [0.25, 0.3) is 11.3 Å². The Morgan fingerprint density at radius 3 is 2.74 bits per heavy atom. The van der Waals surface area contributed by atoms with Crippen LogP contribution < -0.4 is 0 Å². The lowest BCUT2D eigenvalue weighted by Crippen LogP contribution is -2.60. The Kier molecular flexibility index (Phi) is 8.05. The average molecular weight is 554 g/mol. The first-order valence-corrected chi connectivity index (χ1v) is 13.8. The number of piperidine rings is 2. The first-order valence-electron chi connectivity index (χ1n) is 13.4. The summed E-state index contributed by atoms with van der Waals surface area (Å²) >= 11 is 6.07. The SMILES string of the molecule is CC(C)CO[C@@H]1CN(Cc2ccc(Cl)cc2)C(=O)[C@]2(CCCN(C(=O)c3cc(-c4ccccc4F)no3)C2)C1. The van der Waals surface area contributed by atoms with E-state index in [9.17, 15) is 14.0 Å². The van der Waals surface area contributed by atoms with Crippen LogP contribution in [0, 0.1) is 17.2 Å². The van der Waals surface area contributed by atoms with Gasteiger partial charge in [-0.3, -0.25) is 9.59 Å².